The predicted molar refractivity (Wildman–Crippen MR) is 76.5 cm³/mol. The zero-order valence-electron chi connectivity index (χ0n) is 10.6. The van der Waals surface area contributed by atoms with E-state index in [0.717, 1.165) is 12.4 Å². The van der Waals surface area contributed by atoms with Gasteiger partial charge in [-0.15, -0.1) is 0 Å². The highest BCUT2D eigenvalue weighted by atomic mass is 15.0. The second-order valence-electron chi connectivity index (χ2n) is 3.95. The Hall–Kier alpha value is -2.01. The van der Waals surface area contributed by atoms with Gasteiger partial charge in [0.2, 0.25) is 0 Å². The van der Waals surface area contributed by atoms with Crippen molar-refractivity contribution in [1.29, 1.82) is 0 Å². The number of rotatable bonds is 7. The van der Waals surface area contributed by atoms with Gasteiger partial charge in [0.25, 0.3) is 0 Å². The molecule has 5 heteroatoms. The minimum atomic E-state index is 0.401. The van der Waals surface area contributed by atoms with Gasteiger partial charge in [-0.3, -0.25) is 4.99 Å². The van der Waals surface area contributed by atoms with E-state index < -0.39 is 0 Å². The molecule has 5 nitrogen and oxygen atoms in total. The van der Waals surface area contributed by atoms with Crippen LogP contribution in [0.3, 0.4) is 0 Å². The molecule has 96 valence electrons. The lowest BCUT2D eigenvalue weighted by Gasteiger charge is -2.10. The molecule has 0 saturated heterocycles. The molecule has 0 aliphatic rings. The molecule has 1 rings (SSSR count). The number of aliphatic imine (C=N–C) groups is 1. The molecule has 1 unspecified atom stereocenters. The van der Waals surface area contributed by atoms with Crippen LogP contribution in [0.2, 0.25) is 0 Å². The Bertz CT molecular complexity index is 422. The number of nitrogens with two attached hydrogens (primary N) is 1. The van der Waals surface area contributed by atoms with Gasteiger partial charge in [0.15, 0.2) is 0 Å². The SMILES string of the molecule is C=C/C=C(\N=C)c1cnc(NCC(C)CN)cn1. The van der Waals surface area contributed by atoms with Gasteiger partial charge in [0.1, 0.15) is 11.5 Å². The fraction of sp³-hybridized carbons (Fsp3) is 0.308. The van der Waals surface area contributed by atoms with Gasteiger partial charge in [-0.1, -0.05) is 19.6 Å². The van der Waals surface area contributed by atoms with E-state index in [1.807, 2.05) is 0 Å². The third-order valence-electron chi connectivity index (χ3n) is 2.39. The summed E-state index contributed by atoms with van der Waals surface area (Å²) >= 11 is 0. The summed E-state index contributed by atoms with van der Waals surface area (Å²) in [6.45, 7) is 10.6. The van der Waals surface area contributed by atoms with Crippen LogP contribution in [0.5, 0.6) is 0 Å². The third kappa shape index (κ3) is 4.10. The average Bonchev–Trinajstić information content (AvgIpc) is 2.42. The van der Waals surface area contributed by atoms with E-state index in [0.29, 0.717) is 23.9 Å². The van der Waals surface area contributed by atoms with Crippen molar-refractivity contribution >= 4 is 18.2 Å². The smallest absolute Gasteiger partial charge is 0.144 e. The van der Waals surface area contributed by atoms with Gasteiger partial charge < -0.3 is 11.1 Å². The van der Waals surface area contributed by atoms with E-state index in [-0.39, 0.29) is 0 Å². The second kappa shape index (κ2) is 7.34. The van der Waals surface area contributed by atoms with Crippen LogP contribution in [0, 0.1) is 5.92 Å². The first-order valence-electron chi connectivity index (χ1n) is 5.77. The zero-order valence-corrected chi connectivity index (χ0v) is 10.6. The Kier molecular flexibility index (Phi) is 5.73. The van der Waals surface area contributed by atoms with Crippen LogP contribution in [-0.4, -0.2) is 29.8 Å². The monoisotopic (exact) mass is 245 g/mol. The Labute approximate surface area is 108 Å². The first-order chi connectivity index (χ1) is 8.71. The molecule has 0 aromatic carbocycles. The van der Waals surface area contributed by atoms with Crippen LogP contribution in [0.4, 0.5) is 5.82 Å². The summed E-state index contributed by atoms with van der Waals surface area (Å²) in [4.78, 5) is 12.4. The molecule has 0 saturated carbocycles. The van der Waals surface area contributed by atoms with Crippen molar-refractivity contribution in [3.05, 3.63) is 36.8 Å². The summed E-state index contributed by atoms with van der Waals surface area (Å²) in [5.74, 6) is 1.12. The highest BCUT2D eigenvalue weighted by molar-refractivity contribution is 5.66. The number of nitrogens with zero attached hydrogens (tertiary/aromatic N) is 3. The minimum absolute atomic E-state index is 0.401. The molecule has 0 aliphatic heterocycles. The summed E-state index contributed by atoms with van der Waals surface area (Å²) < 4.78 is 0. The van der Waals surface area contributed by atoms with E-state index in [1.54, 1.807) is 24.5 Å². The quantitative estimate of drug-likeness (QED) is 0.566. The lowest BCUT2D eigenvalue weighted by Crippen LogP contribution is -2.20. The van der Waals surface area contributed by atoms with Crippen LogP contribution in [-0.2, 0) is 0 Å². The Morgan fingerprint density at radius 3 is 2.83 bits per heavy atom. The van der Waals surface area contributed by atoms with Crippen molar-refractivity contribution in [2.24, 2.45) is 16.6 Å². The number of allylic oxidation sites excluding steroid dienone is 2. The van der Waals surface area contributed by atoms with Crippen LogP contribution in [0.15, 0.2) is 36.1 Å². The Morgan fingerprint density at radius 1 is 1.56 bits per heavy atom. The highest BCUT2D eigenvalue weighted by Crippen LogP contribution is 2.13. The maximum atomic E-state index is 5.54. The van der Waals surface area contributed by atoms with Crippen molar-refractivity contribution in [2.75, 3.05) is 18.4 Å². The van der Waals surface area contributed by atoms with Crippen LogP contribution < -0.4 is 11.1 Å². The van der Waals surface area contributed by atoms with Crippen molar-refractivity contribution in [2.45, 2.75) is 6.92 Å². The number of anilines is 1. The topological polar surface area (TPSA) is 76.2 Å². The number of aromatic nitrogens is 2. The van der Waals surface area contributed by atoms with Gasteiger partial charge in [-0.05, 0) is 25.3 Å². The lowest BCUT2D eigenvalue weighted by molar-refractivity contribution is 0.626. The van der Waals surface area contributed by atoms with Gasteiger partial charge in [0.05, 0.1) is 18.1 Å². The largest absolute Gasteiger partial charge is 0.368 e. The maximum Gasteiger partial charge on any atom is 0.144 e. The molecule has 1 aromatic heterocycles. The molecule has 0 amide bonds. The number of nitrogens with one attached hydrogen (secondary N) is 1. The second-order valence-corrected chi connectivity index (χ2v) is 3.95. The first kappa shape index (κ1) is 14.1. The summed E-state index contributed by atoms with van der Waals surface area (Å²) in [6.07, 6.45) is 6.70. The van der Waals surface area contributed by atoms with E-state index >= 15 is 0 Å². The van der Waals surface area contributed by atoms with Crippen LogP contribution >= 0.6 is 0 Å². The molecule has 18 heavy (non-hydrogen) atoms. The van der Waals surface area contributed by atoms with Crippen LogP contribution in [0.25, 0.3) is 5.70 Å². The van der Waals surface area contributed by atoms with Crippen molar-refractivity contribution in [3.8, 4) is 0 Å². The number of hydrogen-bond acceptors (Lipinski definition) is 5. The van der Waals surface area contributed by atoms with E-state index in [2.05, 4.69) is 40.5 Å². The summed E-state index contributed by atoms with van der Waals surface area (Å²) in [5, 5.41) is 3.17. The molecule has 0 spiro atoms. The minimum Gasteiger partial charge on any atom is -0.368 e. The zero-order chi connectivity index (χ0) is 13.4. The van der Waals surface area contributed by atoms with Crippen molar-refractivity contribution < 1.29 is 0 Å². The fourth-order valence-electron chi connectivity index (χ4n) is 1.24. The Morgan fingerprint density at radius 2 is 2.33 bits per heavy atom. The number of hydrogen-bond donors (Lipinski definition) is 2. The highest BCUT2D eigenvalue weighted by Gasteiger charge is 2.03. The fourth-order valence-corrected chi connectivity index (χ4v) is 1.24. The van der Waals surface area contributed by atoms with Gasteiger partial charge in [-0.2, -0.15) is 0 Å². The lowest BCUT2D eigenvalue weighted by atomic mass is 10.2. The molecule has 1 atom stereocenters. The summed E-state index contributed by atoms with van der Waals surface area (Å²) in [5.41, 5.74) is 6.86. The molecular formula is C13H19N5. The molecule has 1 heterocycles. The predicted octanol–water partition coefficient (Wildman–Crippen LogP) is 1.71. The van der Waals surface area contributed by atoms with E-state index in [4.69, 9.17) is 5.73 Å². The molecule has 0 radical (unpaired) electrons. The van der Waals surface area contributed by atoms with Gasteiger partial charge >= 0.3 is 0 Å². The average molecular weight is 245 g/mol. The summed E-state index contributed by atoms with van der Waals surface area (Å²) in [6, 6.07) is 0. The molecule has 1 aromatic rings. The molecule has 3 N–H and O–H groups in total. The normalized spacial score (nSPS) is 12.9. The van der Waals surface area contributed by atoms with E-state index in [9.17, 15) is 0 Å². The standard InChI is InChI=1S/C13H19N5/c1-4-5-11(15-3)12-8-18-13(9-16-12)17-7-10(2)6-14/h4-5,8-10H,1,3,6-7,14H2,2H3,(H,17,18)/b11-5-. The first-order valence-corrected chi connectivity index (χ1v) is 5.77. The van der Waals surface area contributed by atoms with E-state index in [1.165, 1.54) is 0 Å². The molecule has 0 fully saturated rings. The Balaban J connectivity index is 2.70. The van der Waals surface area contributed by atoms with Crippen molar-refractivity contribution in [3.63, 3.8) is 0 Å². The maximum absolute atomic E-state index is 5.54. The molecule has 0 aliphatic carbocycles. The van der Waals surface area contributed by atoms with Crippen LogP contribution in [0.1, 0.15) is 12.6 Å². The van der Waals surface area contributed by atoms with Gasteiger partial charge in [0, 0.05) is 6.54 Å². The molecule has 0 bridgehead atoms. The third-order valence-corrected chi connectivity index (χ3v) is 2.39. The summed E-state index contributed by atoms with van der Waals surface area (Å²) in [7, 11) is 0. The van der Waals surface area contributed by atoms with Gasteiger partial charge in [-0.25, -0.2) is 9.97 Å². The van der Waals surface area contributed by atoms with Crippen molar-refractivity contribution in [1.82, 2.24) is 9.97 Å². The molecular weight excluding hydrogens is 226 g/mol.